The third-order valence-corrected chi connectivity index (χ3v) is 3.53. The fourth-order valence-electron chi connectivity index (χ4n) is 1.03. The lowest BCUT2D eigenvalue weighted by molar-refractivity contribution is 0.0572. The van der Waals surface area contributed by atoms with Crippen molar-refractivity contribution < 1.29 is 17.7 Å². The van der Waals surface area contributed by atoms with E-state index in [-0.39, 0.29) is 11.5 Å². The Morgan fingerprint density at radius 2 is 1.94 bits per heavy atom. The van der Waals surface area contributed by atoms with Gasteiger partial charge in [-0.3, -0.25) is 4.18 Å². The zero-order chi connectivity index (χ0) is 13.1. The Bertz CT molecular complexity index is 486. The Labute approximate surface area is 102 Å². The number of hydrogen-bond donors (Lipinski definition) is 1. The molecule has 0 radical (unpaired) electrons. The highest BCUT2D eigenvalue weighted by Gasteiger charge is 2.22. The van der Waals surface area contributed by atoms with Crippen LogP contribution in [0.4, 0.5) is 0 Å². The van der Waals surface area contributed by atoms with Crippen molar-refractivity contribution in [3.05, 3.63) is 42.5 Å². The van der Waals surface area contributed by atoms with Gasteiger partial charge in [0.25, 0.3) is 10.1 Å². The van der Waals surface area contributed by atoms with E-state index in [4.69, 9.17) is 4.18 Å². The maximum absolute atomic E-state index is 11.7. The van der Waals surface area contributed by atoms with Gasteiger partial charge in [-0.25, -0.2) is 0 Å². The van der Waals surface area contributed by atoms with Crippen LogP contribution < -0.4 is 0 Å². The third kappa shape index (κ3) is 3.96. The van der Waals surface area contributed by atoms with E-state index < -0.39 is 15.7 Å². The predicted octanol–water partition coefficient (Wildman–Crippen LogP) is 1.64. The molecule has 0 aromatic heterocycles. The smallest absolute Gasteiger partial charge is 0.297 e. The molecule has 0 aliphatic heterocycles. The van der Waals surface area contributed by atoms with Gasteiger partial charge in [0.05, 0.1) is 11.5 Å². The lowest BCUT2D eigenvalue weighted by atomic mass is 10.1. The zero-order valence-corrected chi connectivity index (χ0v) is 10.7. The number of benzene rings is 1. The number of aliphatic hydroxyl groups is 1. The van der Waals surface area contributed by atoms with Crippen LogP contribution in [0.1, 0.15) is 12.5 Å². The molecule has 1 rings (SSSR count). The van der Waals surface area contributed by atoms with Crippen LogP contribution in [0.3, 0.4) is 0 Å². The monoisotopic (exact) mass is 256 g/mol. The normalized spacial score (nSPS) is 15.2. The minimum atomic E-state index is -3.83. The molecule has 1 aromatic carbocycles. The molecule has 4 nitrogen and oxygen atoms in total. The molecule has 0 spiro atoms. The minimum Gasteiger partial charge on any atom is -0.384 e. The van der Waals surface area contributed by atoms with E-state index in [1.807, 2.05) is 6.92 Å². The molecule has 1 unspecified atom stereocenters. The Morgan fingerprint density at radius 1 is 1.41 bits per heavy atom. The second-order valence-electron chi connectivity index (χ2n) is 4.09. The number of rotatable bonds is 5. The summed E-state index contributed by atoms with van der Waals surface area (Å²) in [5.41, 5.74) is -0.403. The van der Waals surface area contributed by atoms with Gasteiger partial charge in [0.15, 0.2) is 0 Å². The summed E-state index contributed by atoms with van der Waals surface area (Å²) in [4.78, 5) is 0.0722. The highest BCUT2D eigenvalue weighted by Crippen LogP contribution is 2.15. The first kappa shape index (κ1) is 13.9. The average Bonchev–Trinajstić information content (AvgIpc) is 2.27. The molecule has 1 aromatic rings. The average molecular weight is 256 g/mol. The number of hydrogen-bond acceptors (Lipinski definition) is 4. The molecule has 0 aliphatic rings. The second kappa shape index (κ2) is 5.00. The lowest BCUT2D eigenvalue weighted by Crippen LogP contribution is -2.29. The minimum absolute atomic E-state index is 0.0722. The first-order valence-electron chi connectivity index (χ1n) is 5.09. The van der Waals surface area contributed by atoms with Crippen LogP contribution in [0.5, 0.6) is 0 Å². The van der Waals surface area contributed by atoms with Gasteiger partial charge in [-0.2, -0.15) is 8.42 Å². The van der Waals surface area contributed by atoms with E-state index in [0.29, 0.717) is 0 Å². The van der Waals surface area contributed by atoms with E-state index in [0.717, 1.165) is 5.56 Å². The van der Waals surface area contributed by atoms with Crippen molar-refractivity contribution in [1.29, 1.82) is 0 Å². The molecule has 0 saturated heterocycles. The van der Waals surface area contributed by atoms with Crippen LogP contribution in [0, 0.1) is 6.92 Å². The van der Waals surface area contributed by atoms with Crippen molar-refractivity contribution in [3.63, 3.8) is 0 Å². The molecule has 1 atom stereocenters. The van der Waals surface area contributed by atoms with E-state index in [9.17, 15) is 13.5 Å². The van der Waals surface area contributed by atoms with Gasteiger partial charge in [-0.05, 0) is 26.0 Å². The summed E-state index contributed by atoms with van der Waals surface area (Å²) in [5.74, 6) is 0. The third-order valence-electron chi connectivity index (χ3n) is 2.26. The summed E-state index contributed by atoms with van der Waals surface area (Å²) >= 11 is 0. The molecule has 0 aliphatic carbocycles. The van der Waals surface area contributed by atoms with Crippen molar-refractivity contribution in [3.8, 4) is 0 Å². The quantitative estimate of drug-likeness (QED) is 0.642. The number of aryl methyl sites for hydroxylation is 1. The van der Waals surface area contributed by atoms with Crippen molar-refractivity contribution in [2.45, 2.75) is 24.3 Å². The van der Waals surface area contributed by atoms with Crippen molar-refractivity contribution in [2.75, 3.05) is 6.61 Å². The first-order valence-corrected chi connectivity index (χ1v) is 6.50. The Morgan fingerprint density at radius 3 is 2.41 bits per heavy atom. The molecular formula is C12H16O4S. The van der Waals surface area contributed by atoms with Crippen LogP contribution in [-0.2, 0) is 14.3 Å². The van der Waals surface area contributed by atoms with E-state index in [1.54, 1.807) is 12.1 Å². The first-order chi connectivity index (χ1) is 7.77. The Kier molecular flexibility index (Phi) is 4.08. The predicted molar refractivity (Wildman–Crippen MR) is 65.1 cm³/mol. The molecule has 94 valence electrons. The molecule has 5 heteroatoms. The maximum Gasteiger partial charge on any atom is 0.297 e. The van der Waals surface area contributed by atoms with Gasteiger partial charge in [0.2, 0.25) is 0 Å². The summed E-state index contributed by atoms with van der Waals surface area (Å²) in [6, 6.07) is 6.30. The van der Waals surface area contributed by atoms with Gasteiger partial charge >= 0.3 is 0 Å². The standard InChI is InChI=1S/C12H16O4S/c1-4-12(3,13)9-16-17(14,15)11-7-5-10(2)6-8-11/h4-8,13H,1,9H2,2-3H3. The van der Waals surface area contributed by atoms with E-state index in [2.05, 4.69) is 6.58 Å². The topological polar surface area (TPSA) is 63.6 Å². The Hall–Kier alpha value is -1.17. The van der Waals surface area contributed by atoms with Gasteiger partial charge in [-0.1, -0.05) is 23.8 Å². The van der Waals surface area contributed by atoms with Crippen LogP contribution in [0.2, 0.25) is 0 Å². The van der Waals surface area contributed by atoms with Crippen LogP contribution in [0.25, 0.3) is 0 Å². The largest absolute Gasteiger partial charge is 0.384 e. The summed E-state index contributed by atoms with van der Waals surface area (Å²) in [6.45, 7) is 6.32. The second-order valence-corrected chi connectivity index (χ2v) is 5.71. The summed E-state index contributed by atoms with van der Waals surface area (Å²) < 4.78 is 28.2. The molecular weight excluding hydrogens is 240 g/mol. The summed E-state index contributed by atoms with van der Waals surface area (Å²) in [5, 5.41) is 9.57. The van der Waals surface area contributed by atoms with Crippen LogP contribution in [0.15, 0.2) is 41.8 Å². The molecule has 0 amide bonds. The van der Waals surface area contributed by atoms with Gasteiger partial charge in [0, 0.05) is 0 Å². The van der Waals surface area contributed by atoms with Crippen molar-refractivity contribution in [1.82, 2.24) is 0 Å². The zero-order valence-electron chi connectivity index (χ0n) is 9.88. The highest BCUT2D eigenvalue weighted by molar-refractivity contribution is 7.86. The van der Waals surface area contributed by atoms with Crippen LogP contribution in [-0.4, -0.2) is 25.7 Å². The lowest BCUT2D eigenvalue weighted by Gasteiger charge is -2.17. The molecule has 17 heavy (non-hydrogen) atoms. The fraction of sp³-hybridized carbons (Fsp3) is 0.333. The molecule has 1 N–H and O–H groups in total. The SMILES string of the molecule is C=CC(C)(O)COS(=O)(=O)c1ccc(C)cc1. The summed E-state index contributed by atoms with van der Waals surface area (Å²) in [6.07, 6.45) is 1.23. The molecule has 0 fully saturated rings. The van der Waals surface area contributed by atoms with E-state index in [1.165, 1.54) is 25.1 Å². The maximum atomic E-state index is 11.7. The fourth-order valence-corrected chi connectivity index (χ4v) is 2.03. The molecule has 0 bridgehead atoms. The van der Waals surface area contributed by atoms with Crippen LogP contribution >= 0.6 is 0 Å². The van der Waals surface area contributed by atoms with E-state index >= 15 is 0 Å². The van der Waals surface area contributed by atoms with Gasteiger partial charge in [-0.15, -0.1) is 6.58 Å². The van der Waals surface area contributed by atoms with Gasteiger partial charge < -0.3 is 5.11 Å². The van der Waals surface area contributed by atoms with Crippen molar-refractivity contribution >= 4 is 10.1 Å². The Balaban J connectivity index is 2.83. The van der Waals surface area contributed by atoms with Crippen molar-refractivity contribution in [2.24, 2.45) is 0 Å². The summed E-state index contributed by atoms with van der Waals surface area (Å²) in [7, 11) is -3.83. The van der Waals surface area contributed by atoms with Gasteiger partial charge in [0.1, 0.15) is 5.60 Å². The molecule has 0 heterocycles. The highest BCUT2D eigenvalue weighted by atomic mass is 32.2. The molecule has 0 saturated carbocycles.